The normalized spacial score (nSPS) is 10.1. The van der Waals surface area contributed by atoms with E-state index in [1.807, 2.05) is 30.3 Å². The second-order valence-corrected chi connectivity index (χ2v) is 6.32. The minimum atomic E-state index is -0.240. The van der Waals surface area contributed by atoms with Crippen molar-refractivity contribution < 1.29 is 9.36 Å². The lowest BCUT2D eigenvalue weighted by Gasteiger charge is -2.07. The van der Waals surface area contributed by atoms with E-state index in [-0.39, 0.29) is 17.2 Å². The van der Waals surface area contributed by atoms with E-state index >= 15 is 0 Å². The molecule has 2 heterocycles. The number of rotatable bonds is 4. The first kappa shape index (κ1) is 18.7. The van der Waals surface area contributed by atoms with Gasteiger partial charge in [0.05, 0.1) is 11.9 Å². The second kappa shape index (κ2) is 8.15. The molecule has 7 nitrogen and oxygen atoms in total. The van der Waals surface area contributed by atoms with E-state index in [4.69, 9.17) is 5.41 Å². The summed E-state index contributed by atoms with van der Waals surface area (Å²) in [5.74, 6) is 2.25. The summed E-state index contributed by atoms with van der Waals surface area (Å²) in [6.45, 7) is 0. The lowest BCUT2D eigenvalue weighted by Crippen LogP contribution is -2.33. The highest BCUT2D eigenvalue weighted by molar-refractivity contribution is 6.04. The molecule has 0 unspecified atom stereocenters. The summed E-state index contributed by atoms with van der Waals surface area (Å²) in [5.41, 5.74) is 2.54. The Hall–Kier alpha value is -4.66. The van der Waals surface area contributed by atoms with Crippen molar-refractivity contribution in [1.82, 2.24) is 9.97 Å². The standard InChI is InChI=1S/C23H14N6O/c24-13-17(14-25)21-22(28-20-11-5-4-10-19(20)27-21)29-12-6-9-18(15-29)26-23(30)16-7-2-1-3-8-16/h1-12,15,24H/p+1. The number of carbonyl (C=O) groups is 1. The molecular formula is C23H15N6O+. The third-order valence-corrected chi connectivity index (χ3v) is 4.36. The Labute approximate surface area is 172 Å². The van der Waals surface area contributed by atoms with Crippen LogP contribution in [-0.2, 0) is 0 Å². The molecule has 0 spiro atoms. The number of hydrogen-bond donors (Lipinski definition) is 2. The van der Waals surface area contributed by atoms with Crippen LogP contribution in [0.25, 0.3) is 22.4 Å². The molecule has 0 radical (unpaired) electrons. The average molecular weight is 391 g/mol. The number of aromatic nitrogens is 3. The number of nitrogens with zero attached hydrogens (tertiary/aromatic N) is 4. The maximum absolute atomic E-state index is 12.5. The molecule has 4 rings (SSSR count). The molecular weight excluding hydrogens is 376 g/mol. The maximum atomic E-state index is 12.5. The predicted octanol–water partition coefficient (Wildman–Crippen LogP) is 3.31. The fourth-order valence-electron chi connectivity index (χ4n) is 2.95. The Morgan fingerprint density at radius 1 is 0.967 bits per heavy atom. The number of benzene rings is 2. The number of amides is 1. The lowest BCUT2D eigenvalue weighted by atomic mass is 10.2. The van der Waals surface area contributed by atoms with Gasteiger partial charge in [0.2, 0.25) is 5.52 Å². The summed E-state index contributed by atoms with van der Waals surface area (Å²) in [6.07, 6.45) is 3.42. The fourth-order valence-corrected chi connectivity index (χ4v) is 2.95. The quantitative estimate of drug-likeness (QED) is 0.316. The first-order valence-corrected chi connectivity index (χ1v) is 9.04. The summed E-state index contributed by atoms with van der Waals surface area (Å²) in [6, 6.07) is 21.6. The monoisotopic (exact) mass is 391 g/mol. The average Bonchev–Trinajstić information content (AvgIpc) is 2.80. The summed E-state index contributed by atoms with van der Waals surface area (Å²) in [7, 11) is 0. The van der Waals surface area contributed by atoms with Gasteiger partial charge in [-0.3, -0.25) is 10.2 Å². The van der Waals surface area contributed by atoms with Crippen LogP contribution in [0.15, 0.2) is 79.1 Å². The van der Waals surface area contributed by atoms with Crippen LogP contribution in [0.1, 0.15) is 16.1 Å². The number of carbonyl (C=O) groups excluding carboxylic acids is 1. The van der Waals surface area contributed by atoms with Gasteiger partial charge in [-0.05, 0) is 47.3 Å². The zero-order chi connectivity index (χ0) is 20.9. The number of nitriles is 1. The molecule has 30 heavy (non-hydrogen) atoms. The minimum absolute atomic E-state index is 0.0329. The molecule has 142 valence electrons. The fraction of sp³-hybridized carbons (Fsp3) is 0. The van der Waals surface area contributed by atoms with Crippen LogP contribution in [0.3, 0.4) is 0 Å². The van der Waals surface area contributed by atoms with Crippen molar-refractivity contribution in [2.75, 3.05) is 5.32 Å². The summed E-state index contributed by atoms with van der Waals surface area (Å²) in [5, 5.41) is 19.7. The highest BCUT2D eigenvalue weighted by Gasteiger charge is 2.23. The Morgan fingerprint density at radius 2 is 1.67 bits per heavy atom. The molecule has 1 amide bonds. The molecule has 2 aromatic carbocycles. The third-order valence-electron chi connectivity index (χ3n) is 4.36. The van der Waals surface area contributed by atoms with Crippen LogP contribution >= 0.6 is 0 Å². The Bertz CT molecular complexity index is 1350. The van der Waals surface area contributed by atoms with E-state index in [1.54, 1.807) is 59.4 Å². The van der Waals surface area contributed by atoms with Crippen molar-refractivity contribution in [2.24, 2.45) is 0 Å². The number of pyridine rings is 1. The van der Waals surface area contributed by atoms with Gasteiger partial charge < -0.3 is 5.32 Å². The van der Waals surface area contributed by atoms with Gasteiger partial charge >= 0.3 is 5.82 Å². The van der Waals surface area contributed by atoms with E-state index in [0.717, 1.165) is 0 Å². The van der Waals surface area contributed by atoms with Crippen molar-refractivity contribution in [3.8, 4) is 11.9 Å². The molecule has 2 N–H and O–H groups in total. The van der Waals surface area contributed by atoms with E-state index < -0.39 is 0 Å². The maximum Gasteiger partial charge on any atom is 0.356 e. The number of fused-ring (bicyclic) bond motifs is 1. The predicted molar refractivity (Wildman–Crippen MR) is 112 cm³/mol. The number of hydrogen-bond acceptors (Lipinski definition) is 5. The summed E-state index contributed by atoms with van der Waals surface area (Å²) in [4.78, 5) is 21.6. The number of nitrogens with one attached hydrogen (secondary N) is 2. The number of para-hydroxylation sites is 2. The van der Waals surface area contributed by atoms with Gasteiger partial charge in [0.1, 0.15) is 23.4 Å². The van der Waals surface area contributed by atoms with Crippen LogP contribution in [0.2, 0.25) is 0 Å². The largest absolute Gasteiger partial charge is 0.356 e. The number of allylic oxidation sites excluding steroid dienone is 1. The highest BCUT2D eigenvalue weighted by Crippen LogP contribution is 2.18. The van der Waals surface area contributed by atoms with Gasteiger partial charge in [0.15, 0.2) is 5.69 Å². The van der Waals surface area contributed by atoms with Gasteiger partial charge in [-0.1, -0.05) is 30.3 Å². The molecule has 0 aliphatic rings. The molecule has 0 aliphatic heterocycles. The van der Waals surface area contributed by atoms with Crippen LogP contribution in [0.4, 0.5) is 5.69 Å². The van der Waals surface area contributed by atoms with E-state index in [2.05, 4.69) is 21.2 Å². The molecule has 2 aromatic heterocycles. The molecule has 7 heteroatoms. The zero-order valence-corrected chi connectivity index (χ0v) is 15.7. The Balaban J connectivity index is 1.80. The van der Waals surface area contributed by atoms with E-state index in [9.17, 15) is 10.1 Å². The second-order valence-electron chi connectivity index (χ2n) is 6.32. The summed E-state index contributed by atoms with van der Waals surface area (Å²) < 4.78 is 1.66. The van der Waals surface area contributed by atoms with Crippen LogP contribution in [0, 0.1) is 16.7 Å². The third kappa shape index (κ3) is 3.67. The van der Waals surface area contributed by atoms with Crippen molar-refractivity contribution in [1.29, 1.82) is 10.7 Å². The minimum Gasteiger partial charge on any atom is -0.319 e. The van der Waals surface area contributed by atoms with Gasteiger partial charge in [-0.25, -0.2) is 4.98 Å². The molecule has 4 aromatic rings. The van der Waals surface area contributed by atoms with Crippen molar-refractivity contribution in [3.05, 3.63) is 90.4 Å². The smallest absolute Gasteiger partial charge is 0.319 e. The van der Waals surface area contributed by atoms with Crippen LogP contribution < -0.4 is 9.88 Å². The van der Waals surface area contributed by atoms with Crippen LogP contribution in [0.5, 0.6) is 0 Å². The first-order valence-electron chi connectivity index (χ1n) is 9.04. The van der Waals surface area contributed by atoms with E-state index in [1.165, 1.54) is 0 Å². The molecule has 0 saturated carbocycles. The Morgan fingerprint density at radius 3 is 2.37 bits per heavy atom. The molecule has 0 aliphatic carbocycles. The van der Waals surface area contributed by atoms with Crippen molar-refractivity contribution in [3.63, 3.8) is 0 Å². The van der Waals surface area contributed by atoms with Crippen molar-refractivity contribution >= 4 is 34.1 Å². The number of anilines is 1. The molecule has 0 bridgehead atoms. The topological polar surface area (TPSA) is 106 Å². The van der Waals surface area contributed by atoms with Gasteiger partial charge in [0.25, 0.3) is 5.91 Å². The van der Waals surface area contributed by atoms with Gasteiger partial charge in [-0.15, -0.1) is 0 Å². The Kier molecular flexibility index (Phi) is 5.08. The summed E-state index contributed by atoms with van der Waals surface area (Å²) >= 11 is 0. The molecule has 0 saturated heterocycles. The van der Waals surface area contributed by atoms with Gasteiger partial charge in [-0.2, -0.15) is 9.83 Å². The van der Waals surface area contributed by atoms with Crippen LogP contribution in [-0.4, -0.2) is 21.7 Å². The SMILES string of the molecule is N#CC(=C=N)c1nc2ccccc2nc1-[n+]1cccc(NC(=O)c2ccccc2)c1. The van der Waals surface area contributed by atoms with Gasteiger partial charge in [0, 0.05) is 5.56 Å². The highest BCUT2D eigenvalue weighted by atomic mass is 16.1. The van der Waals surface area contributed by atoms with Crippen molar-refractivity contribution in [2.45, 2.75) is 0 Å². The zero-order valence-electron chi connectivity index (χ0n) is 15.7. The molecule has 0 atom stereocenters. The lowest BCUT2D eigenvalue weighted by molar-refractivity contribution is -0.599. The first-order chi connectivity index (χ1) is 14.7. The molecule has 0 fully saturated rings. The van der Waals surface area contributed by atoms with E-state index in [0.29, 0.717) is 28.1 Å².